The molecule has 0 aliphatic carbocycles. The highest BCUT2D eigenvalue weighted by Crippen LogP contribution is 2.20. The summed E-state index contributed by atoms with van der Waals surface area (Å²) < 4.78 is 0. The summed E-state index contributed by atoms with van der Waals surface area (Å²) in [6.07, 6.45) is 0. The molecule has 0 fully saturated rings. The molecule has 0 amide bonds. The zero-order valence-electron chi connectivity index (χ0n) is 6.91. The molecule has 0 aliphatic rings. The number of hydrogen-bond donors (Lipinski definition) is 0. The predicted octanol–water partition coefficient (Wildman–Crippen LogP) is 2.88. The Kier molecular flexibility index (Phi) is 3.11. The number of carbonyl (C=O) groups excluding carboxylic acids is 1. The third-order valence-corrected chi connectivity index (χ3v) is 2.34. The zero-order chi connectivity index (χ0) is 8.97. The van der Waals surface area contributed by atoms with Gasteiger partial charge in [0, 0.05) is 4.90 Å². The maximum absolute atomic E-state index is 11.2. The summed E-state index contributed by atoms with van der Waals surface area (Å²) in [5, 5.41) is 0.0289. The lowest BCUT2D eigenvalue weighted by Gasteiger charge is -1.97. The molecule has 62 valence electrons. The van der Waals surface area contributed by atoms with Crippen molar-refractivity contribution in [3.63, 3.8) is 0 Å². The van der Waals surface area contributed by atoms with Crippen LogP contribution in [-0.2, 0) is 4.79 Å². The van der Waals surface area contributed by atoms with Crippen LogP contribution in [0.15, 0.2) is 47.4 Å². The van der Waals surface area contributed by atoms with E-state index in [1.807, 2.05) is 30.3 Å². The average Bonchev–Trinajstić information content (AvgIpc) is 2.06. The number of rotatable bonds is 2. The molecule has 12 heavy (non-hydrogen) atoms. The van der Waals surface area contributed by atoms with Crippen LogP contribution in [0.4, 0.5) is 0 Å². The first-order chi connectivity index (χ1) is 5.70. The van der Waals surface area contributed by atoms with Crippen LogP contribution >= 0.6 is 11.8 Å². The molecule has 2 heteroatoms. The Morgan fingerprint density at radius 1 is 1.33 bits per heavy atom. The number of thioether (sulfide) groups is 1. The van der Waals surface area contributed by atoms with Gasteiger partial charge in [-0.25, -0.2) is 0 Å². The van der Waals surface area contributed by atoms with Crippen LogP contribution in [0.2, 0.25) is 0 Å². The first kappa shape index (κ1) is 9.07. The molecule has 1 aromatic rings. The van der Waals surface area contributed by atoms with Gasteiger partial charge in [0.05, 0.1) is 0 Å². The van der Waals surface area contributed by atoms with Crippen molar-refractivity contribution in [3.05, 3.63) is 42.5 Å². The second kappa shape index (κ2) is 4.12. The largest absolute Gasteiger partial charge is 0.282 e. The fourth-order valence-corrected chi connectivity index (χ4v) is 1.36. The molecule has 1 rings (SSSR count). The molecule has 0 radical (unpaired) electrons. The van der Waals surface area contributed by atoms with E-state index in [1.165, 1.54) is 11.8 Å². The second-order valence-electron chi connectivity index (χ2n) is 2.48. The fraction of sp³-hybridized carbons (Fsp3) is 0.100. The topological polar surface area (TPSA) is 17.1 Å². The second-order valence-corrected chi connectivity index (χ2v) is 3.53. The molecule has 0 saturated heterocycles. The Morgan fingerprint density at radius 2 is 1.92 bits per heavy atom. The summed E-state index contributed by atoms with van der Waals surface area (Å²) >= 11 is 1.21. The quantitative estimate of drug-likeness (QED) is 0.511. The van der Waals surface area contributed by atoms with E-state index < -0.39 is 0 Å². The van der Waals surface area contributed by atoms with E-state index >= 15 is 0 Å². The number of carbonyl (C=O) groups is 1. The van der Waals surface area contributed by atoms with Gasteiger partial charge in [-0.2, -0.15) is 0 Å². The molecule has 1 nitrogen and oxygen atoms in total. The highest BCUT2D eigenvalue weighted by atomic mass is 32.2. The Hall–Kier alpha value is -1.02. The molecule has 1 aromatic carbocycles. The van der Waals surface area contributed by atoms with E-state index in [9.17, 15) is 4.79 Å². The van der Waals surface area contributed by atoms with Crippen LogP contribution in [0.1, 0.15) is 6.92 Å². The minimum atomic E-state index is 0.0289. The van der Waals surface area contributed by atoms with E-state index in [-0.39, 0.29) is 5.12 Å². The summed E-state index contributed by atoms with van der Waals surface area (Å²) in [6.45, 7) is 5.30. The van der Waals surface area contributed by atoms with E-state index in [0.717, 1.165) is 4.90 Å². The van der Waals surface area contributed by atoms with Gasteiger partial charge in [0.25, 0.3) is 0 Å². The fourth-order valence-electron chi connectivity index (χ4n) is 0.683. The van der Waals surface area contributed by atoms with Gasteiger partial charge in [-0.3, -0.25) is 4.79 Å². The first-order valence-electron chi connectivity index (χ1n) is 3.63. The summed E-state index contributed by atoms with van der Waals surface area (Å²) in [6, 6.07) is 9.56. The molecule has 0 aromatic heterocycles. The van der Waals surface area contributed by atoms with E-state index in [4.69, 9.17) is 0 Å². The molecule has 0 saturated carbocycles. The van der Waals surface area contributed by atoms with Gasteiger partial charge in [0.15, 0.2) is 0 Å². The maximum atomic E-state index is 11.2. The normalized spacial score (nSPS) is 9.42. The lowest BCUT2D eigenvalue weighted by atomic mass is 10.4. The monoisotopic (exact) mass is 178 g/mol. The predicted molar refractivity (Wildman–Crippen MR) is 52.1 cm³/mol. The van der Waals surface area contributed by atoms with Crippen molar-refractivity contribution in [3.8, 4) is 0 Å². The van der Waals surface area contributed by atoms with Gasteiger partial charge in [-0.05, 0) is 36.4 Å². The summed E-state index contributed by atoms with van der Waals surface area (Å²) in [4.78, 5) is 12.1. The third kappa shape index (κ3) is 2.55. The minimum absolute atomic E-state index is 0.0289. The van der Waals surface area contributed by atoms with Gasteiger partial charge < -0.3 is 0 Å². The standard InChI is InChI=1S/C10H10OS/c1-8(2)10(11)12-9-6-4-3-5-7-9/h3-7H,1H2,2H3. The third-order valence-electron chi connectivity index (χ3n) is 1.30. The van der Waals surface area contributed by atoms with Crippen LogP contribution in [0.3, 0.4) is 0 Å². The molecular weight excluding hydrogens is 168 g/mol. The van der Waals surface area contributed by atoms with Crippen LogP contribution < -0.4 is 0 Å². The maximum Gasteiger partial charge on any atom is 0.219 e. The summed E-state index contributed by atoms with van der Waals surface area (Å²) in [7, 11) is 0. The van der Waals surface area contributed by atoms with Crippen molar-refractivity contribution < 1.29 is 4.79 Å². The highest BCUT2D eigenvalue weighted by Gasteiger charge is 2.03. The summed E-state index contributed by atoms with van der Waals surface area (Å²) in [5.41, 5.74) is 0.587. The van der Waals surface area contributed by atoms with Gasteiger partial charge >= 0.3 is 0 Å². The molecule has 0 N–H and O–H groups in total. The average molecular weight is 178 g/mol. The Morgan fingerprint density at radius 3 is 2.42 bits per heavy atom. The van der Waals surface area contributed by atoms with Crippen LogP contribution in [0.5, 0.6) is 0 Å². The Bertz CT molecular complexity index is 290. The highest BCUT2D eigenvalue weighted by molar-refractivity contribution is 8.14. The van der Waals surface area contributed by atoms with Crippen molar-refractivity contribution in [2.75, 3.05) is 0 Å². The van der Waals surface area contributed by atoms with Crippen molar-refractivity contribution >= 4 is 16.9 Å². The van der Waals surface area contributed by atoms with Gasteiger partial charge in [-0.1, -0.05) is 24.8 Å². The van der Waals surface area contributed by atoms with E-state index in [0.29, 0.717) is 5.57 Å². The van der Waals surface area contributed by atoms with Crippen LogP contribution in [0, 0.1) is 0 Å². The van der Waals surface area contributed by atoms with Crippen molar-refractivity contribution in [1.82, 2.24) is 0 Å². The van der Waals surface area contributed by atoms with E-state index in [1.54, 1.807) is 6.92 Å². The van der Waals surface area contributed by atoms with Crippen LogP contribution in [-0.4, -0.2) is 5.12 Å². The lowest BCUT2D eigenvalue weighted by Crippen LogP contribution is -1.90. The minimum Gasteiger partial charge on any atom is -0.282 e. The Labute approximate surface area is 76.5 Å². The molecule has 0 spiro atoms. The number of benzene rings is 1. The molecule has 0 atom stereocenters. The number of hydrogen-bond acceptors (Lipinski definition) is 2. The molecule has 0 aliphatic heterocycles. The molecular formula is C10H10OS. The zero-order valence-corrected chi connectivity index (χ0v) is 7.73. The first-order valence-corrected chi connectivity index (χ1v) is 4.44. The van der Waals surface area contributed by atoms with Crippen molar-refractivity contribution in [2.24, 2.45) is 0 Å². The van der Waals surface area contributed by atoms with Crippen molar-refractivity contribution in [1.29, 1.82) is 0 Å². The van der Waals surface area contributed by atoms with E-state index in [2.05, 4.69) is 6.58 Å². The molecule has 0 heterocycles. The van der Waals surface area contributed by atoms with Gasteiger partial charge in [-0.15, -0.1) is 0 Å². The van der Waals surface area contributed by atoms with Crippen LogP contribution in [0.25, 0.3) is 0 Å². The SMILES string of the molecule is C=C(C)C(=O)Sc1ccccc1. The Balaban J connectivity index is 2.65. The van der Waals surface area contributed by atoms with Gasteiger partial charge in [0.2, 0.25) is 5.12 Å². The molecule has 0 bridgehead atoms. The van der Waals surface area contributed by atoms with Crippen molar-refractivity contribution in [2.45, 2.75) is 11.8 Å². The summed E-state index contributed by atoms with van der Waals surface area (Å²) in [5.74, 6) is 0. The smallest absolute Gasteiger partial charge is 0.219 e. The van der Waals surface area contributed by atoms with Gasteiger partial charge in [0.1, 0.15) is 0 Å². The lowest BCUT2D eigenvalue weighted by molar-refractivity contribution is -0.107. The molecule has 0 unspecified atom stereocenters.